The molecular formula is C14H20O3. The third-order valence-corrected chi connectivity index (χ3v) is 2.31. The van der Waals surface area contributed by atoms with Crippen molar-refractivity contribution in [1.29, 1.82) is 0 Å². The lowest BCUT2D eigenvalue weighted by atomic mass is 10.2. The smallest absolute Gasteiger partial charge is 0.164 e. The highest BCUT2D eigenvalue weighted by molar-refractivity contribution is 5.17. The Morgan fingerprint density at radius 1 is 1.35 bits per heavy atom. The third-order valence-electron chi connectivity index (χ3n) is 2.31. The van der Waals surface area contributed by atoms with Gasteiger partial charge in [0.1, 0.15) is 12.2 Å². The van der Waals surface area contributed by atoms with Gasteiger partial charge in [-0.15, -0.1) is 6.42 Å². The summed E-state index contributed by atoms with van der Waals surface area (Å²) in [5.74, 6) is 1.86. The minimum absolute atomic E-state index is 0.0690. The van der Waals surface area contributed by atoms with Crippen LogP contribution in [-0.4, -0.2) is 31.2 Å². The molecule has 2 atom stereocenters. The molecule has 94 valence electrons. The van der Waals surface area contributed by atoms with E-state index in [1.165, 1.54) is 0 Å². The standard InChI is InChI=1S/C14H20O3/c1-5-7-8-9-10-12-13(11-15-6-2)17-14(3,4)16-12/h1,7-10,12-13H,6,11H2,2-4H3/b8-7+,10-9+/t12-,13+/m1/s1. The van der Waals surface area contributed by atoms with Crippen LogP contribution in [0.4, 0.5) is 0 Å². The number of hydrogen-bond acceptors (Lipinski definition) is 3. The molecule has 0 aromatic heterocycles. The number of rotatable bonds is 5. The first kappa shape index (κ1) is 14.0. The van der Waals surface area contributed by atoms with Gasteiger partial charge in [-0.3, -0.25) is 0 Å². The summed E-state index contributed by atoms with van der Waals surface area (Å²) in [4.78, 5) is 0. The number of hydrogen-bond donors (Lipinski definition) is 0. The molecule has 1 fully saturated rings. The van der Waals surface area contributed by atoms with Crippen molar-refractivity contribution >= 4 is 0 Å². The van der Waals surface area contributed by atoms with Crippen LogP contribution < -0.4 is 0 Å². The molecule has 0 saturated carbocycles. The van der Waals surface area contributed by atoms with Crippen molar-refractivity contribution < 1.29 is 14.2 Å². The lowest BCUT2D eigenvalue weighted by Crippen LogP contribution is -2.26. The summed E-state index contributed by atoms with van der Waals surface area (Å²) in [6.45, 7) is 6.97. The minimum atomic E-state index is -0.563. The van der Waals surface area contributed by atoms with Crippen LogP contribution in [-0.2, 0) is 14.2 Å². The average molecular weight is 236 g/mol. The van der Waals surface area contributed by atoms with E-state index in [2.05, 4.69) is 5.92 Å². The molecule has 1 rings (SSSR count). The highest BCUT2D eigenvalue weighted by Crippen LogP contribution is 2.29. The van der Waals surface area contributed by atoms with Crippen LogP contribution in [0.3, 0.4) is 0 Å². The number of ether oxygens (including phenoxy) is 3. The Bertz CT molecular complexity index is 323. The molecule has 0 aromatic rings. The first-order chi connectivity index (χ1) is 8.09. The van der Waals surface area contributed by atoms with Crippen LogP contribution in [0.1, 0.15) is 20.8 Å². The Labute approximate surface area is 103 Å². The van der Waals surface area contributed by atoms with Crippen LogP contribution in [0, 0.1) is 12.3 Å². The van der Waals surface area contributed by atoms with Crippen molar-refractivity contribution in [3.63, 3.8) is 0 Å². The van der Waals surface area contributed by atoms with Gasteiger partial charge < -0.3 is 14.2 Å². The largest absolute Gasteiger partial charge is 0.379 e. The molecule has 3 heteroatoms. The molecule has 0 spiro atoms. The predicted octanol–water partition coefficient (Wildman–Crippen LogP) is 2.29. The van der Waals surface area contributed by atoms with E-state index in [0.717, 1.165) is 0 Å². The molecule has 1 heterocycles. The maximum atomic E-state index is 5.76. The highest BCUT2D eigenvalue weighted by Gasteiger charge is 2.39. The van der Waals surface area contributed by atoms with Gasteiger partial charge in [0.05, 0.1) is 6.61 Å². The Balaban J connectivity index is 2.57. The van der Waals surface area contributed by atoms with E-state index >= 15 is 0 Å². The van der Waals surface area contributed by atoms with E-state index in [1.54, 1.807) is 12.2 Å². The van der Waals surface area contributed by atoms with Crippen molar-refractivity contribution in [3.05, 3.63) is 24.3 Å². The van der Waals surface area contributed by atoms with E-state index in [4.69, 9.17) is 20.6 Å². The van der Waals surface area contributed by atoms with Gasteiger partial charge in [-0.05, 0) is 26.8 Å². The summed E-state index contributed by atoms with van der Waals surface area (Å²) >= 11 is 0. The lowest BCUT2D eigenvalue weighted by Gasteiger charge is -2.16. The van der Waals surface area contributed by atoms with Gasteiger partial charge in [-0.2, -0.15) is 0 Å². The molecule has 1 aliphatic heterocycles. The highest BCUT2D eigenvalue weighted by atomic mass is 16.8. The maximum Gasteiger partial charge on any atom is 0.164 e. The van der Waals surface area contributed by atoms with Crippen LogP contribution >= 0.6 is 0 Å². The molecule has 17 heavy (non-hydrogen) atoms. The summed E-state index contributed by atoms with van der Waals surface area (Å²) in [5.41, 5.74) is 0. The summed E-state index contributed by atoms with van der Waals surface area (Å²) in [6.07, 6.45) is 12.2. The zero-order chi connectivity index (χ0) is 12.7. The van der Waals surface area contributed by atoms with Gasteiger partial charge in [0.15, 0.2) is 5.79 Å². The number of allylic oxidation sites excluding steroid dienone is 3. The second-order valence-electron chi connectivity index (χ2n) is 4.21. The van der Waals surface area contributed by atoms with Crippen molar-refractivity contribution in [2.75, 3.05) is 13.2 Å². The van der Waals surface area contributed by atoms with E-state index in [1.807, 2.05) is 32.9 Å². The van der Waals surface area contributed by atoms with E-state index in [-0.39, 0.29) is 12.2 Å². The van der Waals surface area contributed by atoms with Crippen molar-refractivity contribution in [3.8, 4) is 12.3 Å². The molecule has 1 saturated heterocycles. The summed E-state index contributed by atoms with van der Waals surface area (Å²) in [5, 5.41) is 0. The fraction of sp³-hybridized carbons (Fsp3) is 0.571. The summed E-state index contributed by atoms with van der Waals surface area (Å²) in [7, 11) is 0. The van der Waals surface area contributed by atoms with Gasteiger partial charge in [-0.1, -0.05) is 24.1 Å². The molecule has 1 aliphatic rings. The first-order valence-corrected chi connectivity index (χ1v) is 5.82. The summed E-state index contributed by atoms with van der Waals surface area (Å²) < 4.78 is 16.9. The predicted molar refractivity (Wildman–Crippen MR) is 67.4 cm³/mol. The van der Waals surface area contributed by atoms with Crippen LogP contribution in [0.15, 0.2) is 24.3 Å². The zero-order valence-corrected chi connectivity index (χ0v) is 10.7. The normalized spacial score (nSPS) is 27.9. The molecular weight excluding hydrogens is 216 g/mol. The van der Waals surface area contributed by atoms with E-state index in [0.29, 0.717) is 13.2 Å². The molecule has 0 aromatic carbocycles. The molecule has 0 N–H and O–H groups in total. The second-order valence-corrected chi connectivity index (χ2v) is 4.21. The van der Waals surface area contributed by atoms with E-state index in [9.17, 15) is 0 Å². The van der Waals surface area contributed by atoms with Crippen LogP contribution in [0.2, 0.25) is 0 Å². The van der Waals surface area contributed by atoms with Crippen molar-refractivity contribution in [2.24, 2.45) is 0 Å². The van der Waals surface area contributed by atoms with Crippen molar-refractivity contribution in [2.45, 2.75) is 38.8 Å². The average Bonchev–Trinajstić information content (AvgIpc) is 2.57. The van der Waals surface area contributed by atoms with E-state index < -0.39 is 5.79 Å². The van der Waals surface area contributed by atoms with Gasteiger partial charge in [0.25, 0.3) is 0 Å². The molecule has 0 amide bonds. The maximum absolute atomic E-state index is 5.76. The van der Waals surface area contributed by atoms with Crippen LogP contribution in [0.25, 0.3) is 0 Å². The van der Waals surface area contributed by atoms with Gasteiger partial charge in [0.2, 0.25) is 0 Å². The van der Waals surface area contributed by atoms with Crippen LogP contribution in [0.5, 0.6) is 0 Å². The van der Waals surface area contributed by atoms with Crippen molar-refractivity contribution in [1.82, 2.24) is 0 Å². The van der Waals surface area contributed by atoms with Gasteiger partial charge in [0, 0.05) is 6.61 Å². The Morgan fingerprint density at radius 3 is 2.76 bits per heavy atom. The lowest BCUT2D eigenvalue weighted by molar-refractivity contribution is -0.148. The molecule has 0 unspecified atom stereocenters. The number of terminal acetylenes is 1. The minimum Gasteiger partial charge on any atom is -0.379 e. The second kappa shape index (κ2) is 6.61. The SMILES string of the molecule is C#C/C=C/C=C/[C@H]1OC(C)(C)O[C@H]1COCC. The Morgan fingerprint density at radius 2 is 2.12 bits per heavy atom. The Hall–Kier alpha value is -1.08. The first-order valence-electron chi connectivity index (χ1n) is 5.82. The topological polar surface area (TPSA) is 27.7 Å². The fourth-order valence-corrected chi connectivity index (χ4v) is 1.67. The molecule has 0 radical (unpaired) electrons. The fourth-order valence-electron chi connectivity index (χ4n) is 1.67. The molecule has 0 bridgehead atoms. The third kappa shape index (κ3) is 4.74. The summed E-state index contributed by atoms with van der Waals surface area (Å²) in [6, 6.07) is 0. The monoisotopic (exact) mass is 236 g/mol. The van der Waals surface area contributed by atoms with Gasteiger partial charge >= 0.3 is 0 Å². The molecule has 0 aliphatic carbocycles. The zero-order valence-electron chi connectivity index (χ0n) is 10.7. The Kier molecular flexibility index (Phi) is 5.43. The molecule has 3 nitrogen and oxygen atoms in total. The quantitative estimate of drug-likeness (QED) is 0.541. The van der Waals surface area contributed by atoms with Gasteiger partial charge in [-0.25, -0.2) is 0 Å².